The Bertz CT molecular complexity index is 650. The van der Waals surface area contributed by atoms with Crippen molar-refractivity contribution in [2.75, 3.05) is 5.32 Å². The standard InChI is InChI=1S/C15H15Cl2NO3/c1-15(2)6-11(19)13(12(20)7-15)14(21)18-8-3-4-9(16)10(17)5-8/h3-5,19H,6-7H2,1-2H3,(H,18,21). The molecule has 0 aromatic heterocycles. The summed E-state index contributed by atoms with van der Waals surface area (Å²) in [5.41, 5.74) is -0.109. The molecule has 2 rings (SSSR count). The number of carbonyl (C=O) groups excluding carboxylic acids is 2. The van der Waals surface area contributed by atoms with Gasteiger partial charge in [-0.05, 0) is 23.6 Å². The Balaban J connectivity index is 2.24. The van der Waals surface area contributed by atoms with Gasteiger partial charge in [0.05, 0.1) is 10.0 Å². The lowest BCUT2D eigenvalue weighted by molar-refractivity contribution is -0.122. The van der Waals surface area contributed by atoms with Gasteiger partial charge in [-0.1, -0.05) is 37.0 Å². The first-order valence-electron chi connectivity index (χ1n) is 6.41. The van der Waals surface area contributed by atoms with E-state index in [0.717, 1.165) is 0 Å². The van der Waals surface area contributed by atoms with Crippen molar-refractivity contribution >= 4 is 40.6 Å². The van der Waals surface area contributed by atoms with Crippen molar-refractivity contribution in [1.29, 1.82) is 0 Å². The van der Waals surface area contributed by atoms with Crippen LogP contribution in [-0.4, -0.2) is 16.8 Å². The summed E-state index contributed by atoms with van der Waals surface area (Å²) in [6.07, 6.45) is 0.518. The van der Waals surface area contributed by atoms with Crippen LogP contribution in [0.2, 0.25) is 10.0 Å². The second-order valence-corrected chi connectivity index (χ2v) is 6.66. The molecule has 1 aromatic rings. The summed E-state index contributed by atoms with van der Waals surface area (Å²) in [5.74, 6) is -1.17. The smallest absolute Gasteiger partial charge is 0.262 e. The number of anilines is 1. The highest BCUT2D eigenvalue weighted by molar-refractivity contribution is 6.42. The largest absolute Gasteiger partial charge is 0.511 e. The van der Waals surface area contributed by atoms with E-state index in [0.29, 0.717) is 22.2 Å². The Morgan fingerprint density at radius 1 is 1.24 bits per heavy atom. The van der Waals surface area contributed by atoms with E-state index < -0.39 is 5.91 Å². The van der Waals surface area contributed by atoms with Crippen molar-refractivity contribution in [3.05, 3.63) is 39.6 Å². The first-order chi connectivity index (χ1) is 9.69. The number of ketones is 1. The number of hydrogen-bond acceptors (Lipinski definition) is 3. The summed E-state index contributed by atoms with van der Waals surface area (Å²) in [4.78, 5) is 24.2. The van der Waals surface area contributed by atoms with Crippen molar-refractivity contribution in [1.82, 2.24) is 0 Å². The number of rotatable bonds is 2. The summed E-state index contributed by atoms with van der Waals surface area (Å²) < 4.78 is 0. The molecule has 0 aliphatic heterocycles. The first kappa shape index (κ1) is 15.9. The molecule has 0 fully saturated rings. The van der Waals surface area contributed by atoms with Crippen LogP contribution in [-0.2, 0) is 9.59 Å². The number of aliphatic hydroxyl groups excluding tert-OH is 1. The van der Waals surface area contributed by atoms with Crippen molar-refractivity contribution in [3.8, 4) is 0 Å². The van der Waals surface area contributed by atoms with Crippen LogP contribution in [0.15, 0.2) is 29.5 Å². The lowest BCUT2D eigenvalue weighted by atomic mass is 9.76. The normalized spacial score (nSPS) is 17.8. The van der Waals surface area contributed by atoms with E-state index in [1.165, 1.54) is 6.07 Å². The summed E-state index contributed by atoms with van der Waals surface area (Å²) >= 11 is 11.7. The monoisotopic (exact) mass is 327 g/mol. The number of carbonyl (C=O) groups is 2. The van der Waals surface area contributed by atoms with E-state index in [-0.39, 0.29) is 29.0 Å². The fourth-order valence-corrected chi connectivity index (χ4v) is 2.61. The van der Waals surface area contributed by atoms with Gasteiger partial charge in [0.25, 0.3) is 5.91 Å². The van der Waals surface area contributed by atoms with Crippen molar-refractivity contribution in [2.45, 2.75) is 26.7 Å². The van der Waals surface area contributed by atoms with Gasteiger partial charge in [0, 0.05) is 18.5 Å². The van der Waals surface area contributed by atoms with Crippen molar-refractivity contribution in [3.63, 3.8) is 0 Å². The predicted octanol–water partition coefficient (Wildman–Crippen LogP) is 4.13. The van der Waals surface area contributed by atoms with Crippen LogP contribution in [0.4, 0.5) is 5.69 Å². The molecule has 6 heteroatoms. The van der Waals surface area contributed by atoms with E-state index in [1.54, 1.807) is 12.1 Å². The van der Waals surface area contributed by atoms with Crippen LogP contribution in [0.1, 0.15) is 26.7 Å². The molecule has 1 amide bonds. The number of nitrogens with one attached hydrogen (secondary N) is 1. The zero-order valence-corrected chi connectivity index (χ0v) is 13.2. The van der Waals surface area contributed by atoms with Gasteiger partial charge in [-0.15, -0.1) is 0 Å². The second-order valence-electron chi connectivity index (χ2n) is 5.85. The van der Waals surface area contributed by atoms with Gasteiger partial charge in [-0.25, -0.2) is 0 Å². The Hall–Kier alpha value is -1.52. The molecule has 1 aromatic carbocycles. The highest BCUT2D eigenvalue weighted by Crippen LogP contribution is 2.36. The Morgan fingerprint density at radius 3 is 2.48 bits per heavy atom. The molecule has 1 aliphatic carbocycles. The van der Waals surface area contributed by atoms with E-state index in [9.17, 15) is 14.7 Å². The quantitative estimate of drug-likeness (QED) is 0.802. The van der Waals surface area contributed by atoms with E-state index in [2.05, 4.69) is 5.32 Å². The number of hydrogen-bond donors (Lipinski definition) is 2. The maximum absolute atomic E-state index is 12.2. The van der Waals surface area contributed by atoms with E-state index >= 15 is 0 Å². The molecule has 0 radical (unpaired) electrons. The maximum Gasteiger partial charge on any atom is 0.262 e. The van der Waals surface area contributed by atoms with E-state index in [4.69, 9.17) is 23.2 Å². The Labute approximate surface area is 132 Å². The first-order valence-corrected chi connectivity index (χ1v) is 7.17. The van der Waals surface area contributed by atoms with Crippen LogP contribution in [0.3, 0.4) is 0 Å². The summed E-state index contributed by atoms with van der Waals surface area (Å²) in [6.45, 7) is 3.74. The molecule has 4 nitrogen and oxygen atoms in total. The Kier molecular flexibility index (Phi) is 4.30. The minimum atomic E-state index is -0.633. The van der Waals surface area contributed by atoms with Gasteiger partial charge in [0.15, 0.2) is 5.78 Å². The zero-order valence-electron chi connectivity index (χ0n) is 11.7. The lowest BCUT2D eigenvalue weighted by Gasteiger charge is -2.29. The molecule has 0 bridgehead atoms. The highest BCUT2D eigenvalue weighted by Gasteiger charge is 2.36. The second kappa shape index (κ2) is 5.70. The highest BCUT2D eigenvalue weighted by atomic mass is 35.5. The average molecular weight is 328 g/mol. The van der Waals surface area contributed by atoms with Gasteiger partial charge in [0.1, 0.15) is 11.3 Å². The van der Waals surface area contributed by atoms with Crippen molar-refractivity contribution in [2.24, 2.45) is 5.41 Å². The molecule has 0 unspecified atom stereocenters. The number of amides is 1. The van der Waals surface area contributed by atoms with Crippen LogP contribution < -0.4 is 5.32 Å². The molecule has 0 saturated heterocycles. The number of aliphatic hydroxyl groups is 1. The molecule has 0 atom stereocenters. The third kappa shape index (κ3) is 3.57. The van der Waals surface area contributed by atoms with Crippen LogP contribution in [0.25, 0.3) is 0 Å². The minimum Gasteiger partial charge on any atom is -0.511 e. The molecule has 1 aliphatic rings. The number of halogens is 2. The maximum atomic E-state index is 12.2. The molecule has 112 valence electrons. The molecule has 0 saturated carbocycles. The van der Waals surface area contributed by atoms with E-state index in [1.807, 2.05) is 13.8 Å². The van der Waals surface area contributed by atoms with Gasteiger partial charge in [-0.3, -0.25) is 9.59 Å². The fourth-order valence-electron chi connectivity index (χ4n) is 2.31. The molecule has 21 heavy (non-hydrogen) atoms. The molecule has 0 heterocycles. The van der Waals surface area contributed by atoms with Gasteiger partial charge in [-0.2, -0.15) is 0 Å². The van der Waals surface area contributed by atoms with Crippen LogP contribution >= 0.6 is 23.2 Å². The minimum absolute atomic E-state index is 0.172. The Morgan fingerprint density at radius 2 is 1.90 bits per heavy atom. The van der Waals surface area contributed by atoms with Crippen molar-refractivity contribution < 1.29 is 14.7 Å². The molecular weight excluding hydrogens is 313 g/mol. The van der Waals surface area contributed by atoms with Gasteiger partial charge < -0.3 is 10.4 Å². The lowest BCUT2D eigenvalue weighted by Crippen LogP contribution is -2.31. The number of allylic oxidation sites excluding steroid dienone is 1. The number of Topliss-reactive ketones (excluding diaryl/α,β-unsaturated/α-hetero) is 1. The fraction of sp³-hybridized carbons (Fsp3) is 0.333. The van der Waals surface area contributed by atoms with Gasteiger partial charge >= 0.3 is 0 Å². The summed E-state index contributed by atoms with van der Waals surface area (Å²) in [5, 5.41) is 13.2. The van der Waals surface area contributed by atoms with Crippen LogP contribution in [0.5, 0.6) is 0 Å². The number of benzene rings is 1. The van der Waals surface area contributed by atoms with Crippen LogP contribution in [0, 0.1) is 5.41 Å². The molecular formula is C15H15Cl2NO3. The SMILES string of the molecule is CC1(C)CC(=O)C(C(=O)Nc2ccc(Cl)c(Cl)c2)=C(O)C1. The topological polar surface area (TPSA) is 66.4 Å². The third-order valence-electron chi connectivity index (χ3n) is 3.26. The molecule has 0 spiro atoms. The predicted molar refractivity (Wildman–Crippen MR) is 82.8 cm³/mol. The average Bonchev–Trinajstić information content (AvgIpc) is 2.31. The zero-order chi connectivity index (χ0) is 15.8. The molecule has 2 N–H and O–H groups in total. The van der Waals surface area contributed by atoms with Gasteiger partial charge in [0.2, 0.25) is 0 Å². The summed E-state index contributed by atoms with van der Waals surface area (Å²) in [7, 11) is 0. The summed E-state index contributed by atoms with van der Waals surface area (Å²) in [6, 6.07) is 4.59. The third-order valence-corrected chi connectivity index (χ3v) is 4.00.